The van der Waals surface area contributed by atoms with Crippen LogP contribution in [0.1, 0.15) is 39.3 Å². The Morgan fingerprint density at radius 1 is 1.56 bits per heavy atom. The van der Waals surface area contributed by atoms with Crippen LogP contribution in [0.5, 0.6) is 0 Å². The van der Waals surface area contributed by atoms with E-state index in [0.717, 1.165) is 29.6 Å². The molecule has 0 aliphatic rings. The summed E-state index contributed by atoms with van der Waals surface area (Å²) < 4.78 is 3.00. The molecule has 0 radical (unpaired) electrons. The van der Waals surface area contributed by atoms with E-state index in [4.69, 9.17) is 0 Å². The largest absolute Gasteiger partial charge is 0.299 e. The van der Waals surface area contributed by atoms with Crippen molar-refractivity contribution in [2.45, 2.75) is 46.6 Å². The maximum absolute atomic E-state index is 11.6. The summed E-state index contributed by atoms with van der Waals surface area (Å²) >= 11 is 3.48. The second-order valence-corrected chi connectivity index (χ2v) is 5.14. The van der Waals surface area contributed by atoms with Crippen LogP contribution in [0.15, 0.2) is 10.7 Å². The van der Waals surface area contributed by atoms with Gasteiger partial charge in [-0.05, 0) is 28.8 Å². The number of hydrogen-bond donors (Lipinski definition) is 0. The molecular weight excluding hydrogens is 268 g/mol. The van der Waals surface area contributed by atoms with Gasteiger partial charge in [-0.25, -0.2) is 0 Å². The van der Waals surface area contributed by atoms with Crippen LogP contribution >= 0.6 is 15.9 Å². The fourth-order valence-corrected chi connectivity index (χ4v) is 2.07. The highest BCUT2D eigenvalue weighted by Gasteiger charge is 2.12. The third-order valence-electron chi connectivity index (χ3n) is 2.59. The molecule has 0 aliphatic heterocycles. The van der Waals surface area contributed by atoms with E-state index in [0.29, 0.717) is 12.2 Å². The monoisotopic (exact) mass is 286 g/mol. The van der Waals surface area contributed by atoms with E-state index in [9.17, 15) is 4.79 Å². The molecule has 0 spiro atoms. The quantitative estimate of drug-likeness (QED) is 0.805. The van der Waals surface area contributed by atoms with E-state index in [2.05, 4.69) is 28.0 Å². The van der Waals surface area contributed by atoms with Crippen LogP contribution in [0.3, 0.4) is 0 Å². The predicted molar refractivity (Wildman–Crippen MR) is 68.4 cm³/mol. The van der Waals surface area contributed by atoms with Crippen LogP contribution in [-0.4, -0.2) is 15.6 Å². The molecule has 3 nitrogen and oxygen atoms in total. The number of nitrogens with zero attached hydrogens (tertiary/aromatic N) is 2. The van der Waals surface area contributed by atoms with Crippen molar-refractivity contribution in [1.29, 1.82) is 0 Å². The van der Waals surface area contributed by atoms with Crippen LogP contribution in [0, 0.1) is 5.92 Å². The van der Waals surface area contributed by atoms with E-state index >= 15 is 0 Å². The van der Waals surface area contributed by atoms with Crippen molar-refractivity contribution in [3.8, 4) is 0 Å². The minimum atomic E-state index is 0.126. The van der Waals surface area contributed by atoms with Gasteiger partial charge in [-0.1, -0.05) is 20.8 Å². The zero-order chi connectivity index (χ0) is 12.1. The number of carbonyl (C=O) groups is 1. The number of Topliss-reactive ketones (excluding diaryl/α,β-unsaturated/α-hetero) is 1. The van der Waals surface area contributed by atoms with Crippen LogP contribution in [0.2, 0.25) is 0 Å². The second-order valence-electron chi connectivity index (χ2n) is 4.28. The molecule has 0 aliphatic carbocycles. The fourth-order valence-electron chi connectivity index (χ4n) is 1.57. The van der Waals surface area contributed by atoms with Gasteiger partial charge in [0.2, 0.25) is 0 Å². The molecule has 0 unspecified atom stereocenters. The number of aromatic nitrogens is 2. The SMILES string of the molecule is CCCn1ncc(Br)c1CCC(=O)C(C)C. The third-order valence-corrected chi connectivity index (χ3v) is 3.25. The Bertz CT molecular complexity index is 358. The molecule has 90 valence electrons. The lowest BCUT2D eigenvalue weighted by Gasteiger charge is -2.07. The fraction of sp³-hybridized carbons (Fsp3) is 0.667. The lowest BCUT2D eigenvalue weighted by atomic mass is 10.0. The first-order chi connectivity index (χ1) is 7.56. The number of halogens is 1. The molecule has 4 heteroatoms. The van der Waals surface area contributed by atoms with Crippen molar-refractivity contribution in [3.63, 3.8) is 0 Å². The molecule has 16 heavy (non-hydrogen) atoms. The van der Waals surface area contributed by atoms with Gasteiger partial charge in [0.15, 0.2) is 0 Å². The van der Waals surface area contributed by atoms with E-state index < -0.39 is 0 Å². The van der Waals surface area contributed by atoms with E-state index in [-0.39, 0.29) is 5.92 Å². The number of ketones is 1. The second kappa shape index (κ2) is 6.18. The molecule has 0 N–H and O–H groups in total. The Balaban J connectivity index is 2.65. The normalized spacial score (nSPS) is 11.1. The van der Waals surface area contributed by atoms with Crippen molar-refractivity contribution in [3.05, 3.63) is 16.4 Å². The molecule has 0 amide bonds. The first-order valence-electron chi connectivity index (χ1n) is 5.79. The summed E-state index contributed by atoms with van der Waals surface area (Å²) in [5.74, 6) is 0.442. The predicted octanol–water partition coefficient (Wildman–Crippen LogP) is 3.21. The van der Waals surface area contributed by atoms with Gasteiger partial charge < -0.3 is 0 Å². The summed E-state index contributed by atoms with van der Waals surface area (Å²) in [7, 11) is 0. The van der Waals surface area contributed by atoms with Gasteiger partial charge in [0.25, 0.3) is 0 Å². The van der Waals surface area contributed by atoms with E-state index in [1.165, 1.54) is 0 Å². The average Bonchev–Trinajstić information content (AvgIpc) is 2.57. The smallest absolute Gasteiger partial charge is 0.135 e. The number of rotatable bonds is 6. The van der Waals surface area contributed by atoms with E-state index in [1.807, 2.05) is 24.7 Å². The minimum absolute atomic E-state index is 0.126. The Hall–Kier alpha value is -0.640. The average molecular weight is 287 g/mol. The molecule has 0 bridgehead atoms. The molecule has 1 aromatic rings. The maximum atomic E-state index is 11.6. The first kappa shape index (κ1) is 13.4. The third kappa shape index (κ3) is 3.44. The molecule has 1 rings (SSSR count). The van der Waals surface area contributed by atoms with Crippen molar-refractivity contribution in [2.24, 2.45) is 5.92 Å². The first-order valence-corrected chi connectivity index (χ1v) is 6.58. The lowest BCUT2D eigenvalue weighted by Crippen LogP contribution is -2.11. The number of carbonyl (C=O) groups excluding carboxylic acids is 1. The van der Waals surface area contributed by atoms with Gasteiger partial charge >= 0.3 is 0 Å². The summed E-state index contributed by atoms with van der Waals surface area (Å²) in [4.78, 5) is 11.6. The molecule has 0 fully saturated rings. The highest BCUT2D eigenvalue weighted by Crippen LogP contribution is 2.18. The van der Waals surface area contributed by atoms with Crippen LogP contribution in [0.4, 0.5) is 0 Å². The molecule has 0 saturated carbocycles. The van der Waals surface area contributed by atoms with Gasteiger partial charge in [0.1, 0.15) is 5.78 Å². The van der Waals surface area contributed by atoms with Crippen molar-refractivity contribution in [1.82, 2.24) is 9.78 Å². The molecular formula is C12H19BrN2O. The summed E-state index contributed by atoms with van der Waals surface area (Å²) in [6.07, 6.45) is 4.24. The van der Waals surface area contributed by atoms with Gasteiger partial charge in [-0.15, -0.1) is 0 Å². The minimum Gasteiger partial charge on any atom is -0.299 e. The standard InChI is InChI=1S/C12H19BrN2O/c1-4-7-15-11(10(13)8-14-15)5-6-12(16)9(2)3/h8-9H,4-7H2,1-3H3. The highest BCUT2D eigenvalue weighted by atomic mass is 79.9. The molecule has 0 atom stereocenters. The number of hydrogen-bond acceptors (Lipinski definition) is 2. The van der Waals surface area contributed by atoms with Crippen molar-refractivity contribution >= 4 is 21.7 Å². The van der Waals surface area contributed by atoms with Crippen molar-refractivity contribution < 1.29 is 4.79 Å². The molecule has 1 aromatic heterocycles. The Morgan fingerprint density at radius 2 is 2.25 bits per heavy atom. The Kier molecular flexibility index (Phi) is 5.19. The van der Waals surface area contributed by atoms with Crippen LogP contribution < -0.4 is 0 Å². The van der Waals surface area contributed by atoms with Crippen molar-refractivity contribution in [2.75, 3.05) is 0 Å². The summed E-state index contributed by atoms with van der Waals surface area (Å²) in [6.45, 7) is 6.93. The molecule has 1 heterocycles. The summed E-state index contributed by atoms with van der Waals surface area (Å²) in [5.41, 5.74) is 1.14. The van der Waals surface area contributed by atoms with Gasteiger partial charge in [-0.2, -0.15) is 5.10 Å². The Labute approximate surface area is 105 Å². The summed E-state index contributed by atoms with van der Waals surface area (Å²) in [5, 5.41) is 4.29. The maximum Gasteiger partial charge on any atom is 0.135 e. The van der Waals surface area contributed by atoms with Gasteiger partial charge in [-0.3, -0.25) is 9.48 Å². The zero-order valence-corrected chi connectivity index (χ0v) is 11.7. The lowest BCUT2D eigenvalue weighted by molar-refractivity contribution is -0.121. The Morgan fingerprint density at radius 3 is 2.81 bits per heavy atom. The summed E-state index contributed by atoms with van der Waals surface area (Å²) in [6, 6.07) is 0. The molecule has 0 saturated heterocycles. The van der Waals surface area contributed by atoms with Crippen LogP contribution in [-0.2, 0) is 17.8 Å². The topological polar surface area (TPSA) is 34.9 Å². The van der Waals surface area contributed by atoms with Crippen LogP contribution in [0.25, 0.3) is 0 Å². The van der Waals surface area contributed by atoms with Gasteiger partial charge in [0, 0.05) is 18.9 Å². The van der Waals surface area contributed by atoms with E-state index in [1.54, 1.807) is 0 Å². The highest BCUT2D eigenvalue weighted by molar-refractivity contribution is 9.10. The zero-order valence-electron chi connectivity index (χ0n) is 10.2. The molecule has 0 aromatic carbocycles. The number of aryl methyl sites for hydroxylation is 1. The van der Waals surface area contributed by atoms with Gasteiger partial charge in [0.05, 0.1) is 16.4 Å².